The van der Waals surface area contributed by atoms with Crippen molar-refractivity contribution in [3.05, 3.63) is 27.6 Å². The maximum absolute atomic E-state index is 11.6. The smallest absolute Gasteiger partial charge is 0.278 e. The predicted octanol–water partition coefficient (Wildman–Crippen LogP) is 5.43. The maximum Gasteiger partial charge on any atom is 0.278 e. The summed E-state index contributed by atoms with van der Waals surface area (Å²) in [4.78, 5) is 15.8. The number of nitrogens with one attached hydrogen (secondary N) is 1. The molecule has 0 aliphatic rings. The number of nitrogens with zero attached hydrogens (tertiary/aromatic N) is 1. The van der Waals surface area contributed by atoms with E-state index in [0.717, 1.165) is 11.3 Å². The molecule has 0 aliphatic heterocycles. The van der Waals surface area contributed by atoms with Gasteiger partial charge in [-0.1, -0.05) is 58.0 Å². The number of hydrogen-bond donors (Lipinski definition) is 1. The molecular weight excluding hydrogens is 413 g/mol. The first-order valence-corrected chi connectivity index (χ1v) is 8.36. The van der Waals surface area contributed by atoms with Crippen molar-refractivity contribution in [2.24, 2.45) is 0 Å². The molecule has 118 valence electrons. The summed E-state index contributed by atoms with van der Waals surface area (Å²) in [6.45, 7) is 0. The summed E-state index contributed by atoms with van der Waals surface area (Å²) in [6.07, 6.45) is 0. The van der Waals surface area contributed by atoms with Gasteiger partial charge in [0.2, 0.25) is 0 Å². The number of carbonyl (C=O) groups excluding carboxylic acids is 1. The summed E-state index contributed by atoms with van der Waals surface area (Å²) in [7, 11) is 1.48. The van der Waals surface area contributed by atoms with Gasteiger partial charge >= 0.3 is 0 Å². The second kappa shape index (κ2) is 6.99. The van der Waals surface area contributed by atoms with E-state index in [1.54, 1.807) is 17.5 Å². The van der Waals surface area contributed by atoms with Crippen molar-refractivity contribution >= 4 is 80.4 Å². The Morgan fingerprint density at radius 3 is 2.59 bits per heavy atom. The lowest BCUT2D eigenvalue weighted by molar-refractivity contribution is -0.115. The van der Waals surface area contributed by atoms with E-state index in [-0.39, 0.29) is 5.13 Å². The van der Waals surface area contributed by atoms with Crippen LogP contribution in [0.25, 0.3) is 11.3 Å². The molecule has 0 saturated heterocycles. The van der Waals surface area contributed by atoms with Gasteiger partial charge in [0.05, 0.1) is 17.8 Å². The Morgan fingerprint density at radius 1 is 1.32 bits per heavy atom. The predicted molar refractivity (Wildman–Crippen MR) is 93.0 cm³/mol. The van der Waals surface area contributed by atoms with E-state index in [0.29, 0.717) is 27.1 Å². The zero-order valence-corrected chi connectivity index (χ0v) is 15.4. The van der Waals surface area contributed by atoms with Crippen LogP contribution in [0, 0.1) is 0 Å². The quantitative estimate of drug-likeness (QED) is 0.673. The van der Waals surface area contributed by atoms with Crippen molar-refractivity contribution in [1.29, 1.82) is 0 Å². The first kappa shape index (κ1) is 17.9. The van der Waals surface area contributed by atoms with Crippen molar-refractivity contribution in [1.82, 2.24) is 4.98 Å². The van der Waals surface area contributed by atoms with E-state index in [4.69, 9.17) is 62.7 Å². The number of alkyl halides is 3. The van der Waals surface area contributed by atoms with E-state index in [2.05, 4.69) is 10.3 Å². The lowest BCUT2D eigenvalue weighted by atomic mass is 10.1. The van der Waals surface area contributed by atoms with Gasteiger partial charge in [0.15, 0.2) is 5.13 Å². The van der Waals surface area contributed by atoms with Gasteiger partial charge in [-0.15, -0.1) is 11.3 Å². The molecule has 0 atom stereocenters. The minimum absolute atomic E-state index is 0.268. The molecule has 1 heterocycles. The van der Waals surface area contributed by atoms with Crippen molar-refractivity contribution < 1.29 is 9.53 Å². The lowest BCUT2D eigenvalue weighted by Gasteiger charge is -2.10. The minimum atomic E-state index is -2.07. The number of methoxy groups -OCH3 is 1. The fourth-order valence-electron chi connectivity index (χ4n) is 1.58. The molecule has 0 radical (unpaired) electrons. The molecule has 0 spiro atoms. The van der Waals surface area contributed by atoms with Crippen LogP contribution in [0.4, 0.5) is 5.13 Å². The Balaban J connectivity index is 2.35. The van der Waals surface area contributed by atoms with Gasteiger partial charge in [-0.3, -0.25) is 10.1 Å². The van der Waals surface area contributed by atoms with Gasteiger partial charge in [0.1, 0.15) is 5.75 Å². The number of halogens is 5. The summed E-state index contributed by atoms with van der Waals surface area (Å²) in [5.74, 6) is -0.370. The van der Waals surface area contributed by atoms with Crippen LogP contribution >= 0.6 is 69.3 Å². The van der Waals surface area contributed by atoms with Crippen molar-refractivity contribution in [2.75, 3.05) is 12.4 Å². The van der Waals surface area contributed by atoms with E-state index >= 15 is 0 Å². The van der Waals surface area contributed by atoms with Gasteiger partial charge < -0.3 is 4.74 Å². The van der Waals surface area contributed by atoms with Gasteiger partial charge in [0.25, 0.3) is 9.70 Å². The number of carbonyl (C=O) groups is 1. The fourth-order valence-corrected chi connectivity index (χ4v) is 3.00. The molecule has 0 saturated carbocycles. The molecule has 1 aromatic carbocycles. The summed E-state index contributed by atoms with van der Waals surface area (Å²) < 4.78 is 3.19. The van der Waals surface area contributed by atoms with Crippen LogP contribution in [0.15, 0.2) is 17.5 Å². The molecule has 4 nitrogen and oxygen atoms in total. The van der Waals surface area contributed by atoms with Crippen LogP contribution in [0.1, 0.15) is 0 Å². The normalized spacial score (nSPS) is 11.4. The highest BCUT2D eigenvalue weighted by Crippen LogP contribution is 2.40. The third kappa shape index (κ3) is 4.10. The zero-order valence-electron chi connectivity index (χ0n) is 10.8. The standard InChI is InChI=1S/C12H7Cl5N2O2S/c1-21-9-6(2-5(13)3-7(9)14)8-4-22-11(18-8)19-10(20)12(15,16)17/h2-4H,1H3,(H,18,19,20). The molecular formula is C12H7Cl5N2O2S. The molecule has 0 bridgehead atoms. The first-order chi connectivity index (χ1) is 10.2. The Hall–Kier alpha value is -0.430. The highest BCUT2D eigenvalue weighted by molar-refractivity contribution is 7.14. The maximum atomic E-state index is 11.6. The summed E-state index contributed by atoms with van der Waals surface area (Å²) in [5.41, 5.74) is 1.11. The van der Waals surface area contributed by atoms with E-state index in [1.165, 1.54) is 7.11 Å². The summed E-state index contributed by atoms with van der Waals surface area (Å²) in [5, 5.41) is 5.15. The van der Waals surface area contributed by atoms with E-state index in [9.17, 15) is 4.79 Å². The third-order valence-electron chi connectivity index (χ3n) is 2.47. The van der Waals surface area contributed by atoms with Gasteiger partial charge in [0, 0.05) is 16.0 Å². The lowest BCUT2D eigenvalue weighted by Crippen LogP contribution is -2.26. The van der Waals surface area contributed by atoms with Crippen molar-refractivity contribution in [3.8, 4) is 17.0 Å². The molecule has 0 unspecified atom stereocenters. The van der Waals surface area contributed by atoms with Gasteiger partial charge in [-0.2, -0.15) is 0 Å². The summed E-state index contributed by atoms with van der Waals surface area (Å²) >= 11 is 29.7. The Labute approximate surface area is 155 Å². The van der Waals surface area contributed by atoms with Crippen molar-refractivity contribution in [2.45, 2.75) is 3.79 Å². The molecule has 10 heteroatoms. The van der Waals surface area contributed by atoms with Crippen LogP contribution in [-0.4, -0.2) is 21.8 Å². The number of anilines is 1. The van der Waals surface area contributed by atoms with Crippen LogP contribution in [0.5, 0.6) is 5.75 Å². The van der Waals surface area contributed by atoms with Crippen LogP contribution < -0.4 is 10.1 Å². The highest BCUT2D eigenvalue weighted by Gasteiger charge is 2.31. The largest absolute Gasteiger partial charge is 0.494 e. The summed E-state index contributed by atoms with van der Waals surface area (Å²) in [6, 6.07) is 3.21. The molecule has 1 aromatic heterocycles. The number of aromatic nitrogens is 1. The fraction of sp³-hybridized carbons (Fsp3) is 0.167. The topological polar surface area (TPSA) is 51.2 Å². The number of rotatable bonds is 3. The highest BCUT2D eigenvalue weighted by atomic mass is 35.6. The molecule has 1 amide bonds. The number of hydrogen-bond acceptors (Lipinski definition) is 4. The van der Waals surface area contributed by atoms with Crippen LogP contribution in [0.3, 0.4) is 0 Å². The SMILES string of the molecule is COc1c(Cl)cc(Cl)cc1-c1csc(NC(=O)C(Cl)(Cl)Cl)n1. The van der Waals surface area contributed by atoms with Gasteiger partial charge in [-0.05, 0) is 12.1 Å². The monoisotopic (exact) mass is 418 g/mol. The molecule has 0 fully saturated rings. The molecule has 2 aromatic rings. The van der Waals surface area contributed by atoms with Gasteiger partial charge in [-0.25, -0.2) is 4.98 Å². The second-order valence-corrected chi connectivity index (χ2v) is 7.94. The van der Waals surface area contributed by atoms with Crippen LogP contribution in [-0.2, 0) is 4.79 Å². The first-order valence-electron chi connectivity index (χ1n) is 5.59. The molecule has 2 rings (SSSR count). The second-order valence-electron chi connectivity index (χ2n) is 3.96. The number of thiazole rings is 1. The van der Waals surface area contributed by atoms with Crippen molar-refractivity contribution in [3.63, 3.8) is 0 Å². The third-order valence-corrected chi connectivity index (χ3v) is 4.24. The average Bonchev–Trinajstić information content (AvgIpc) is 2.85. The van der Waals surface area contributed by atoms with E-state index < -0.39 is 9.70 Å². The number of benzene rings is 1. The zero-order chi connectivity index (χ0) is 16.5. The Bertz CT molecular complexity index is 714. The Kier molecular flexibility index (Phi) is 5.69. The number of amides is 1. The van der Waals surface area contributed by atoms with Crippen LogP contribution in [0.2, 0.25) is 10.0 Å². The molecule has 1 N–H and O–H groups in total. The minimum Gasteiger partial charge on any atom is -0.494 e. The average molecular weight is 421 g/mol. The van der Waals surface area contributed by atoms with E-state index in [1.807, 2.05) is 0 Å². The number of ether oxygens (including phenoxy) is 1. The molecule has 22 heavy (non-hydrogen) atoms. The molecule has 0 aliphatic carbocycles. The Morgan fingerprint density at radius 2 is 2.00 bits per heavy atom.